The van der Waals surface area contributed by atoms with Crippen LogP contribution in [0.3, 0.4) is 0 Å². The SMILES string of the molecule is CCOC(=O)C(C)(C)Oc1ccc2c(nnn2CC2CC2)c1Br. The minimum Gasteiger partial charge on any atom is -0.475 e. The highest BCUT2D eigenvalue weighted by Gasteiger charge is 2.33. The summed E-state index contributed by atoms with van der Waals surface area (Å²) >= 11 is 3.52. The number of rotatable bonds is 6. The highest BCUT2D eigenvalue weighted by atomic mass is 79.9. The summed E-state index contributed by atoms with van der Waals surface area (Å²) in [6, 6.07) is 3.76. The summed E-state index contributed by atoms with van der Waals surface area (Å²) in [4.78, 5) is 12.0. The van der Waals surface area contributed by atoms with Gasteiger partial charge in [-0.2, -0.15) is 0 Å². The van der Waals surface area contributed by atoms with Crippen molar-refractivity contribution in [2.24, 2.45) is 5.92 Å². The fourth-order valence-electron chi connectivity index (χ4n) is 2.37. The Hall–Kier alpha value is -1.63. The smallest absolute Gasteiger partial charge is 0.349 e. The Labute approximate surface area is 143 Å². The van der Waals surface area contributed by atoms with Crippen molar-refractivity contribution in [3.63, 3.8) is 0 Å². The van der Waals surface area contributed by atoms with Crippen molar-refractivity contribution in [3.8, 4) is 5.75 Å². The van der Waals surface area contributed by atoms with Gasteiger partial charge in [0.1, 0.15) is 11.3 Å². The maximum atomic E-state index is 12.0. The van der Waals surface area contributed by atoms with Crippen molar-refractivity contribution in [3.05, 3.63) is 16.6 Å². The fourth-order valence-corrected chi connectivity index (χ4v) is 2.86. The van der Waals surface area contributed by atoms with Gasteiger partial charge in [-0.1, -0.05) is 5.21 Å². The van der Waals surface area contributed by atoms with E-state index in [2.05, 4.69) is 26.2 Å². The molecule has 2 aromatic rings. The minimum atomic E-state index is -1.07. The largest absolute Gasteiger partial charge is 0.475 e. The van der Waals surface area contributed by atoms with Gasteiger partial charge in [0, 0.05) is 6.54 Å². The zero-order chi connectivity index (χ0) is 16.6. The molecule has 6 nitrogen and oxygen atoms in total. The van der Waals surface area contributed by atoms with E-state index in [-0.39, 0.29) is 0 Å². The van der Waals surface area contributed by atoms with Gasteiger partial charge >= 0.3 is 5.97 Å². The van der Waals surface area contributed by atoms with Crippen molar-refractivity contribution >= 4 is 32.9 Å². The van der Waals surface area contributed by atoms with Crippen LogP contribution in [0.15, 0.2) is 16.6 Å². The Balaban J connectivity index is 1.87. The number of carbonyl (C=O) groups is 1. The number of halogens is 1. The Morgan fingerprint density at radius 3 is 2.83 bits per heavy atom. The molecule has 1 aromatic heterocycles. The van der Waals surface area contributed by atoms with E-state index in [4.69, 9.17) is 9.47 Å². The highest BCUT2D eigenvalue weighted by Crippen LogP contribution is 2.36. The lowest BCUT2D eigenvalue weighted by molar-refractivity contribution is -0.158. The quantitative estimate of drug-likeness (QED) is 0.717. The lowest BCUT2D eigenvalue weighted by atomic mass is 10.1. The van der Waals surface area contributed by atoms with E-state index in [0.717, 1.165) is 23.5 Å². The van der Waals surface area contributed by atoms with E-state index in [1.165, 1.54) is 12.8 Å². The monoisotopic (exact) mass is 381 g/mol. The van der Waals surface area contributed by atoms with Crippen LogP contribution in [0, 0.1) is 5.92 Å². The van der Waals surface area contributed by atoms with Crippen molar-refractivity contribution in [1.29, 1.82) is 0 Å². The van der Waals surface area contributed by atoms with Crippen LogP contribution < -0.4 is 4.74 Å². The number of benzene rings is 1. The molecule has 0 aliphatic heterocycles. The molecule has 0 bridgehead atoms. The lowest BCUT2D eigenvalue weighted by Crippen LogP contribution is -2.39. The zero-order valence-corrected chi connectivity index (χ0v) is 15.1. The Morgan fingerprint density at radius 2 is 2.17 bits per heavy atom. The van der Waals surface area contributed by atoms with Crippen LogP contribution in [0.1, 0.15) is 33.6 Å². The molecular formula is C16H20BrN3O3. The van der Waals surface area contributed by atoms with Crippen molar-refractivity contribution in [2.75, 3.05) is 6.61 Å². The van der Waals surface area contributed by atoms with Gasteiger partial charge in [0.05, 0.1) is 16.6 Å². The van der Waals surface area contributed by atoms with Crippen molar-refractivity contribution in [2.45, 2.75) is 45.8 Å². The Bertz CT molecular complexity index is 737. The molecule has 1 heterocycles. The third-order valence-corrected chi connectivity index (χ3v) is 4.62. The molecule has 124 valence electrons. The van der Waals surface area contributed by atoms with Gasteiger partial charge in [0.2, 0.25) is 0 Å². The molecule has 1 saturated carbocycles. The molecule has 0 radical (unpaired) electrons. The molecular weight excluding hydrogens is 362 g/mol. The molecule has 1 aliphatic rings. The minimum absolute atomic E-state index is 0.321. The molecule has 1 fully saturated rings. The second-order valence-electron chi connectivity index (χ2n) is 6.29. The molecule has 0 unspecified atom stereocenters. The summed E-state index contributed by atoms with van der Waals surface area (Å²) < 4.78 is 13.5. The van der Waals surface area contributed by atoms with Crippen molar-refractivity contribution < 1.29 is 14.3 Å². The number of fused-ring (bicyclic) bond motifs is 1. The summed E-state index contributed by atoms with van der Waals surface area (Å²) in [7, 11) is 0. The van der Waals surface area contributed by atoms with Gasteiger partial charge in [0.25, 0.3) is 0 Å². The molecule has 0 amide bonds. The number of hydrogen-bond acceptors (Lipinski definition) is 5. The van der Waals surface area contributed by atoms with Gasteiger partial charge < -0.3 is 9.47 Å². The summed E-state index contributed by atoms with van der Waals surface area (Å²) in [5.41, 5.74) is 0.629. The summed E-state index contributed by atoms with van der Waals surface area (Å²) in [6.45, 7) is 6.37. The zero-order valence-electron chi connectivity index (χ0n) is 13.5. The van der Waals surface area contributed by atoms with E-state index in [0.29, 0.717) is 16.8 Å². The number of carbonyl (C=O) groups excluding carboxylic acids is 1. The Kier molecular flexibility index (Phi) is 4.31. The maximum Gasteiger partial charge on any atom is 0.349 e. The second-order valence-corrected chi connectivity index (χ2v) is 7.09. The normalized spacial score (nSPS) is 15.0. The molecule has 3 rings (SSSR count). The number of ether oxygens (including phenoxy) is 2. The number of aromatic nitrogens is 3. The van der Waals surface area contributed by atoms with E-state index in [1.807, 2.05) is 16.8 Å². The lowest BCUT2D eigenvalue weighted by Gasteiger charge is -2.24. The van der Waals surface area contributed by atoms with E-state index < -0.39 is 11.6 Å². The van der Waals surface area contributed by atoms with Gasteiger partial charge in [-0.15, -0.1) is 5.10 Å². The first-order valence-electron chi connectivity index (χ1n) is 7.80. The molecule has 0 atom stereocenters. The standard InChI is InChI=1S/C16H20BrN3O3/c1-4-22-15(21)16(2,3)23-12-8-7-11-14(13(12)17)18-19-20(11)9-10-5-6-10/h7-8,10H,4-6,9H2,1-3H3. The summed E-state index contributed by atoms with van der Waals surface area (Å²) in [5.74, 6) is 0.871. The topological polar surface area (TPSA) is 66.2 Å². The van der Waals surface area contributed by atoms with Crippen LogP contribution in [0.2, 0.25) is 0 Å². The maximum absolute atomic E-state index is 12.0. The van der Waals surface area contributed by atoms with E-state index in [9.17, 15) is 4.79 Å². The molecule has 23 heavy (non-hydrogen) atoms. The van der Waals surface area contributed by atoms with Gasteiger partial charge in [-0.25, -0.2) is 9.48 Å². The molecule has 7 heteroatoms. The van der Waals surface area contributed by atoms with E-state index >= 15 is 0 Å². The van der Waals surface area contributed by atoms with Gasteiger partial charge in [0.15, 0.2) is 5.60 Å². The second kappa shape index (κ2) is 6.11. The van der Waals surface area contributed by atoms with Crippen LogP contribution in [-0.2, 0) is 16.1 Å². The van der Waals surface area contributed by atoms with Crippen LogP contribution >= 0.6 is 15.9 Å². The van der Waals surface area contributed by atoms with Crippen LogP contribution in [0.5, 0.6) is 5.75 Å². The summed E-state index contributed by atoms with van der Waals surface area (Å²) in [6.07, 6.45) is 2.52. The molecule has 0 N–H and O–H groups in total. The van der Waals surface area contributed by atoms with Crippen LogP contribution in [0.4, 0.5) is 0 Å². The average molecular weight is 382 g/mol. The third kappa shape index (κ3) is 3.34. The van der Waals surface area contributed by atoms with E-state index in [1.54, 1.807) is 20.8 Å². The number of nitrogens with zero attached hydrogens (tertiary/aromatic N) is 3. The summed E-state index contributed by atoms with van der Waals surface area (Å²) in [5, 5.41) is 8.47. The number of esters is 1. The molecule has 1 aliphatic carbocycles. The fraction of sp³-hybridized carbons (Fsp3) is 0.562. The molecule has 0 saturated heterocycles. The Morgan fingerprint density at radius 1 is 1.43 bits per heavy atom. The highest BCUT2D eigenvalue weighted by molar-refractivity contribution is 9.10. The predicted octanol–water partition coefficient (Wildman–Crippen LogP) is 3.32. The molecule has 1 aromatic carbocycles. The third-order valence-electron chi connectivity index (χ3n) is 3.85. The van der Waals surface area contributed by atoms with Gasteiger partial charge in [-0.3, -0.25) is 0 Å². The number of hydrogen-bond donors (Lipinski definition) is 0. The van der Waals surface area contributed by atoms with Crippen molar-refractivity contribution in [1.82, 2.24) is 15.0 Å². The van der Waals surface area contributed by atoms with Crippen LogP contribution in [0.25, 0.3) is 11.0 Å². The van der Waals surface area contributed by atoms with Crippen LogP contribution in [-0.4, -0.2) is 33.2 Å². The average Bonchev–Trinajstić information content (AvgIpc) is 3.21. The first kappa shape index (κ1) is 16.2. The van der Waals surface area contributed by atoms with Gasteiger partial charge in [-0.05, 0) is 67.6 Å². The molecule has 0 spiro atoms. The predicted molar refractivity (Wildman–Crippen MR) is 89.3 cm³/mol. The first-order valence-corrected chi connectivity index (χ1v) is 8.59. The first-order chi connectivity index (χ1) is 10.9.